The minimum absolute atomic E-state index is 0.00747. The lowest BCUT2D eigenvalue weighted by Gasteiger charge is -2.29. The number of ether oxygens (including phenoxy) is 1. The SMILES string of the molecule is CC(C)C(N)C(=O)NC(C=O)Cc1cccc(O)c1.COC(=O)C1CCCN(C)N1. The Morgan fingerprint density at radius 2 is 2.13 bits per heavy atom. The molecule has 0 aliphatic carbocycles. The molecule has 1 aromatic rings. The van der Waals surface area contributed by atoms with Crippen molar-refractivity contribution in [2.24, 2.45) is 11.7 Å². The summed E-state index contributed by atoms with van der Waals surface area (Å²) in [6.07, 6.45) is 2.92. The van der Waals surface area contributed by atoms with Gasteiger partial charge in [-0.1, -0.05) is 26.0 Å². The summed E-state index contributed by atoms with van der Waals surface area (Å²) < 4.78 is 4.61. The van der Waals surface area contributed by atoms with Crippen LogP contribution in [-0.4, -0.2) is 67.1 Å². The van der Waals surface area contributed by atoms with E-state index in [0.29, 0.717) is 12.7 Å². The van der Waals surface area contributed by atoms with Crippen molar-refractivity contribution in [3.05, 3.63) is 29.8 Å². The zero-order valence-corrected chi connectivity index (χ0v) is 18.1. The Morgan fingerprint density at radius 1 is 1.43 bits per heavy atom. The number of phenolic OH excluding ortho intramolecular Hbond substituents is 1. The molecule has 0 aromatic heterocycles. The summed E-state index contributed by atoms with van der Waals surface area (Å²) >= 11 is 0. The molecule has 1 amide bonds. The molecule has 2 rings (SSSR count). The molecule has 0 bridgehead atoms. The van der Waals surface area contributed by atoms with Gasteiger partial charge in [0.1, 0.15) is 18.1 Å². The first-order valence-corrected chi connectivity index (χ1v) is 10.0. The number of carbonyl (C=O) groups is 3. The van der Waals surface area contributed by atoms with Gasteiger partial charge in [-0.05, 0) is 42.9 Å². The standard InChI is InChI=1S/C14H20N2O3.C7H14N2O2/c1-9(2)13(15)14(19)16-11(8-17)6-10-4-3-5-12(18)7-10;1-9-5-3-4-6(8-9)7(10)11-2/h3-5,7-9,11,13,18H,6,15H2,1-2H3,(H,16,19);6,8H,3-5H2,1-2H3. The second-order valence-corrected chi connectivity index (χ2v) is 7.66. The third kappa shape index (κ3) is 8.89. The van der Waals surface area contributed by atoms with E-state index >= 15 is 0 Å². The number of nitrogens with two attached hydrogens (primary N) is 1. The van der Waals surface area contributed by atoms with Gasteiger partial charge in [0, 0.05) is 13.6 Å². The Balaban J connectivity index is 0.000000346. The van der Waals surface area contributed by atoms with Crippen LogP contribution in [0.5, 0.6) is 5.75 Å². The first-order chi connectivity index (χ1) is 14.2. The molecule has 3 atom stereocenters. The van der Waals surface area contributed by atoms with E-state index in [9.17, 15) is 19.5 Å². The number of amides is 1. The first kappa shape index (κ1) is 25.5. The fourth-order valence-corrected chi connectivity index (χ4v) is 2.89. The molecule has 3 unspecified atom stereocenters. The van der Waals surface area contributed by atoms with Crippen LogP contribution in [-0.2, 0) is 25.5 Å². The van der Waals surface area contributed by atoms with Crippen molar-refractivity contribution in [1.82, 2.24) is 15.8 Å². The highest BCUT2D eigenvalue weighted by atomic mass is 16.5. The van der Waals surface area contributed by atoms with Crippen LogP contribution >= 0.6 is 0 Å². The van der Waals surface area contributed by atoms with Gasteiger partial charge >= 0.3 is 5.97 Å². The van der Waals surface area contributed by atoms with Crippen molar-refractivity contribution >= 4 is 18.2 Å². The number of nitrogens with one attached hydrogen (secondary N) is 2. The molecule has 0 saturated carbocycles. The van der Waals surface area contributed by atoms with Gasteiger partial charge in [0.05, 0.1) is 19.2 Å². The second kappa shape index (κ2) is 12.9. The van der Waals surface area contributed by atoms with Gasteiger partial charge in [-0.25, -0.2) is 10.4 Å². The number of esters is 1. The van der Waals surface area contributed by atoms with E-state index in [-0.39, 0.29) is 29.6 Å². The van der Waals surface area contributed by atoms with Crippen LogP contribution in [0.1, 0.15) is 32.3 Å². The Kier molecular flexibility index (Phi) is 11.0. The van der Waals surface area contributed by atoms with Crippen LogP contribution in [0.25, 0.3) is 0 Å². The molecule has 5 N–H and O–H groups in total. The van der Waals surface area contributed by atoms with Gasteiger partial charge in [0.15, 0.2) is 0 Å². The molecule has 1 aliphatic heterocycles. The lowest BCUT2D eigenvalue weighted by Crippen LogP contribution is -2.51. The fourth-order valence-electron chi connectivity index (χ4n) is 2.89. The van der Waals surface area contributed by atoms with E-state index in [2.05, 4.69) is 15.5 Å². The fraction of sp³-hybridized carbons (Fsp3) is 0.571. The molecule has 168 valence electrons. The smallest absolute Gasteiger partial charge is 0.324 e. The van der Waals surface area contributed by atoms with Crippen molar-refractivity contribution in [2.75, 3.05) is 20.7 Å². The number of aromatic hydroxyl groups is 1. The van der Waals surface area contributed by atoms with Gasteiger partial charge in [0.25, 0.3) is 0 Å². The summed E-state index contributed by atoms with van der Waals surface area (Å²) in [7, 11) is 3.34. The highest BCUT2D eigenvalue weighted by Crippen LogP contribution is 2.12. The van der Waals surface area contributed by atoms with Crippen molar-refractivity contribution in [2.45, 2.75) is 51.2 Å². The van der Waals surface area contributed by atoms with Crippen LogP contribution < -0.4 is 16.5 Å². The molecular formula is C21H34N4O5. The normalized spacial score (nSPS) is 18.5. The molecule has 30 heavy (non-hydrogen) atoms. The number of rotatable bonds is 7. The number of hydrazine groups is 1. The molecule has 1 saturated heterocycles. The van der Waals surface area contributed by atoms with Crippen LogP contribution in [0.4, 0.5) is 0 Å². The van der Waals surface area contributed by atoms with Crippen molar-refractivity contribution < 1.29 is 24.2 Å². The van der Waals surface area contributed by atoms with Crippen molar-refractivity contribution in [3.63, 3.8) is 0 Å². The van der Waals surface area contributed by atoms with Gasteiger partial charge in [-0.15, -0.1) is 0 Å². The van der Waals surface area contributed by atoms with E-state index in [0.717, 1.165) is 24.9 Å². The Hall–Kier alpha value is -2.49. The number of phenols is 1. The topological polar surface area (TPSA) is 134 Å². The predicted octanol–water partition coefficient (Wildman–Crippen LogP) is 0.360. The number of carbonyl (C=O) groups excluding carboxylic acids is 3. The maximum Gasteiger partial charge on any atom is 0.324 e. The average Bonchev–Trinajstić information content (AvgIpc) is 2.72. The highest BCUT2D eigenvalue weighted by Gasteiger charge is 2.23. The summed E-state index contributed by atoms with van der Waals surface area (Å²) in [5, 5.41) is 13.9. The Morgan fingerprint density at radius 3 is 2.67 bits per heavy atom. The number of methoxy groups -OCH3 is 1. The summed E-state index contributed by atoms with van der Waals surface area (Å²) in [6, 6.07) is 5.17. The molecular weight excluding hydrogens is 388 g/mol. The van der Waals surface area contributed by atoms with E-state index < -0.39 is 12.1 Å². The number of benzene rings is 1. The van der Waals surface area contributed by atoms with Gasteiger partial charge < -0.3 is 25.7 Å². The largest absolute Gasteiger partial charge is 0.508 e. The molecule has 1 aromatic carbocycles. The molecule has 1 fully saturated rings. The van der Waals surface area contributed by atoms with Crippen molar-refractivity contribution in [3.8, 4) is 5.75 Å². The van der Waals surface area contributed by atoms with Crippen LogP contribution in [0.2, 0.25) is 0 Å². The molecule has 1 aliphatic rings. The maximum absolute atomic E-state index is 11.8. The lowest BCUT2D eigenvalue weighted by molar-refractivity contribution is -0.145. The average molecular weight is 423 g/mol. The van der Waals surface area contributed by atoms with Crippen LogP contribution in [0.15, 0.2) is 24.3 Å². The van der Waals surface area contributed by atoms with Crippen LogP contribution in [0, 0.1) is 5.92 Å². The highest BCUT2D eigenvalue weighted by molar-refractivity contribution is 5.84. The Bertz CT molecular complexity index is 698. The van der Waals surface area contributed by atoms with Gasteiger partial charge in [-0.3, -0.25) is 9.59 Å². The molecule has 9 nitrogen and oxygen atoms in total. The van der Waals surface area contributed by atoms with E-state index in [1.807, 2.05) is 25.9 Å². The number of nitrogens with zero attached hydrogens (tertiary/aromatic N) is 1. The lowest BCUT2D eigenvalue weighted by atomic mass is 10.0. The minimum atomic E-state index is -0.640. The van der Waals surface area contributed by atoms with Crippen molar-refractivity contribution in [1.29, 1.82) is 0 Å². The summed E-state index contributed by atoms with van der Waals surface area (Å²) in [5.74, 6) is -0.371. The first-order valence-electron chi connectivity index (χ1n) is 10.0. The molecule has 1 heterocycles. The third-order valence-corrected chi connectivity index (χ3v) is 4.73. The summed E-state index contributed by atoms with van der Waals surface area (Å²) in [6.45, 7) is 4.68. The monoisotopic (exact) mass is 422 g/mol. The predicted molar refractivity (Wildman–Crippen MR) is 113 cm³/mol. The quantitative estimate of drug-likeness (QED) is 0.366. The second-order valence-electron chi connectivity index (χ2n) is 7.66. The Labute approximate surface area is 177 Å². The number of aldehydes is 1. The zero-order chi connectivity index (χ0) is 22.7. The molecule has 0 radical (unpaired) electrons. The van der Waals surface area contributed by atoms with Gasteiger partial charge in [-0.2, -0.15) is 0 Å². The van der Waals surface area contributed by atoms with E-state index in [4.69, 9.17) is 5.73 Å². The summed E-state index contributed by atoms with van der Waals surface area (Å²) in [4.78, 5) is 33.8. The summed E-state index contributed by atoms with van der Waals surface area (Å²) in [5.41, 5.74) is 9.51. The molecule has 0 spiro atoms. The number of hydrogen-bond donors (Lipinski definition) is 4. The molecule has 9 heteroatoms. The number of hydrogen-bond acceptors (Lipinski definition) is 8. The van der Waals surface area contributed by atoms with Gasteiger partial charge in [0.2, 0.25) is 5.91 Å². The van der Waals surface area contributed by atoms with Crippen LogP contribution in [0.3, 0.4) is 0 Å². The minimum Gasteiger partial charge on any atom is -0.508 e. The third-order valence-electron chi connectivity index (χ3n) is 4.73. The zero-order valence-electron chi connectivity index (χ0n) is 18.1. The maximum atomic E-state index is 11.8. The van der Waals surface area contributed by atoms with E-state index in [1.54, 1.807) is 24.3 Å². The van der Waals surface area contributed by atoms with E-state index in [1.165, 1.54) is 7.11 Å².